The van der Waals surface area contributed by atoms with Crippen molar-refractivity contribution < 1.29 is 9.18 Å². The Morgan fingerprint density at radius 2 is 1.72 bits per heavy atom. The molecule has 126 valence electrons. The third kappa shape index (κ3) is 4.38. The van der Waals surface area contributed by atoms with Gasteiger partial charge in [-0.15, -0.1) is 0 Å². The van der Waals surface area contributed by atoms with E-state index in [4.69, 9.17) is 0 Å². The topological polar surface area (TPSA) is 66.9 Å². The monoisotopic (exact) mass is 336 g/mol. The fraction of sp³-hybridized carbons (Fsp3) is 0.105. The molecular weight excluding hydrogens is 319 g/mol. The summed E-state index contributed by atoms with van der Waals surface area (Å²) in [5.41, 5.74) is 2.55. The lowest BCUT2D eigenvalue weighted by atomic mass is 10.2. The van der Waals surface area contributed by atoms with Crippen molar-refractivity contribution in [1.82, 2.24) is 9.97 Å². The van der Waals surface area contributed by atoms with Crippen molar-refractivity contribution in [2.75, 3.05) is 10.6 Å². The summed E-state index contributed by atoms with van der Waals surface area (Å²) in [4.78, 5) is 20.8. The van der Waals surface area contributed by atoms with Crippen molar-refractivity contribution in [3.05, 3.63) is 77.5 Å². The lowest BCUT2D eigenvalue weighted by Gasteiger charge is -2.10. The minimum absolute atomic E-state index is 0.201. The van der Waals surface area contributed by atoms with Crippen LogP contribution >= 0.6 is 0 Å². The number of benzene rings is 2. The third-order valence-electron chi connectivity index (χ3n) is 3.44. The molecule has 3 rings (SSSR count). The molecule has 0 saturated carbocycles. The number of hydrogen-bond donors (Lipinski definition) is 2. The van der Waals surface area contributed by atoms with Gasteiger partial charge in [-0.3, -0.25) is 4.79 Å². The maximum atomic E-state index is 13.2. The molecule has 1 heterocycles. The molecule has 0 bridgehead atoms. The second-order valence-corrected chi connectivity index (χ2v) is 5.64. The number of nitrogens with zero attached hydrogens (tertiary/aromatic N) is 2. The highest BCUT2D eigenvalue weighted by Crippen LogP contribution is 2.17. The average molecular weight is 336 g/mol. The van der Waals surface area contributed by atoms with Gasteiger partial charge in [0.05, 0.1) is 0 Å². The number of rotatable bonds is 4. The number of halogens is 1. The molecule has 0 radical (unpaired) electrons. The molecule has 1 aromatic heterocycles. The van der Waals surface area contributed by atoms with Gasteiger partial charge >= 0.3 is 0 Å². The van der Waals surface area contributed by atoms with Crippen LogP contribution in [-0.2, 0) is 0 Å². The smallest absolute Gasteiger partial charge is 0.274 e. The molecule has 0 aliphatic carbocycles. The molecule has 0 fully saturated rings. The number of nitrogens with one attached hydrogen (secondary N) is 2. The highest BCUT2D eigenvalue weighted by Gasteiger charge is 2.11. The van der Waals surface area contributed by atoms with Crippen LogP contribution in [0.1, 0.15) is 21.9 Å². The van der Waals surface area contributed by atoms with Crippen LogP contribution in [0.4, 0.5) is 21.6 Å². The summed E-state index contributed by atoms with van der Waals surface area (Å²) in [5, 5.41) is 5.79. The van der Waals surface area contributed by atoms with Crippen molar-refractivity contribution in [1.29, 1.82) is 0 Å². The Labute approximate surface area is 145 Å². The standard InChI is InChI=1S/C19H17FN4O/c1-12-5-3-7-15(9-12)23-18-11-17(21-13(2)22-18)19(25)24-16-8-4-6-14(20)10-16/h3-11H,1-2H3,(H,24,25)(H,21,22,23). The zero-order chi connectivity index (χ0) is 17.8. The Balaban J connectivity index is 1.82. The first-order valence-electron chi connectivity index (χ1n) is 7.76. The van der Waals surface area contributed by atoms with Crippen LogP contribution in [-0.4, -0.2) is 15.9 Å². The molecule has 6 heteroatoms. The zero-order valence-electron chi connectivity index (χ0n) is 13.9. The van der Waals surface area contributed by atoms with Gasteiger partial charge in [0.2, 0.25) is 0 Å². The van der Waals surface area contributed by atoms with Gasteiger partial charge in [0.1, 0.15) is 23.2 Å². The van der Waals surface area contributed by atoms with Crippen LogP contribution in [0.3, 0.4) is 0 Å². The second-order valence-electron chi connectivity index (χ2n) is 5.64. The van der Waals surface area contributed by atoms with Crippen molar-refractivity contribution >= 4 is 23.1 Å². The number of aromatic nitrogens is 2. The lowest BCUT2D eigenvalue weighted by Crippen LogP contribution is -2.15. The third-order valence-corrected chi connectivity index (χ3v) is 3.44. The number of aryl methyl sites for hydroxylation is 2. The Hall–Kier alpha value is -3.28. The molecule has 25 heavy (non-hydrogen) atoms. The summed E-state index contributed by atoms with van der Waals surface area (Å²) in [6, 6.07) is 15.1. The molecule has 0 spiro atoms. The fourth-order valence-electron chi connectivity index (χ4n) is 2.38. The predicted molar refractivity (Wildman–Crippen MR) is 95.6 cm³/mol. The number of hydrogen-bond acceptors (Lipinski definition) is 4. The van der Waals surface area contributed by atoms with Crippen molar-refractivity contribution in [2.24, 2.45) is 0 Å². The lowest BCUT2D eigenvalue weighted by molar-refractivity contribution is 0.102. The Bertz CT molecular complexity index is 927. The predicted octanol–water partition coefficient (Wildman–Crippen LogP) is 4.23. The van der Waals surface area contributed by atoms with Gasteiger partial charge in [0, 0.05) is 17.4 Å². The largest absolute Gasteiger partial charge is 0.340 e. The average Bonchev–Trinajstić information content (AvgIpc) is 2.54. The van der Waals surface area contributed by atoms with E-state index in [9.17, 15) is 9.18 Å². The van der Waals surface area contributed by atoms with E-state index in [2.05, 4.69) is 20.6 Å². The van der Waals surface area contributed by atoms with Gasteiger partial charge in [-0.25, -0.2) is 14.4 Å². The second kappa shape index (κ2) is 7.09. The van der Waals surface area contributed by atoms with Gasteiger partial charge in [0.15, 0.2) is 0 Å². The van der Waals surface area contributed by atoms with Crippen molar-refractivity contribution in [3.63, 3.8) is 0 Å². The van der Waals surface area contributed by atoms with Crippen molar-refractivity contribution in [2.45, 2.75) is 13.8 Å². The van der Waals surface area contributed by atoms with Gasteiger partial charge in [0.25, 0.3) is 5.91 Å². The summed E-state index contributed by atoms with van der Waals surface area (Å²) in [6.07, 6.45) is 0. The summed E-state index contributed by atoms with van der Waals surface area (Å²) < 4.78 is 13.2. The van der Waals surface area contributed by atoms with Gasteiger partial charge in [-0.1, -0.05) is 18.2 Å². The molecule has 0 saturated heterocycles. The molecule has 0 aliphatic heterocycles. The van der Waals surface area contributed by atoms with E-state index in [1.54, 1.807) is 19.1 Å². The maximum Gasteiger partial charge on any atom is 0.274 e. The number of amides is 1. The highest BCUT2D eigenvalue weighted by atomic mass is 19.1. The number of carbonyl (C=O) groups is 1. The summed E-state index contributed by atoms with van der Waals surface area (Å²) in [7, 11) is 0. The highest BCUT2D eigenvalue weighted by molar-refractivity contribution is 6.03. The summed E-state index contributed by atoms with van der Waals surface area (Å²) in [5.74, 6) is 0.131. The first kappa shape index (κ1) is 16.6. The van der Waals surface area contributed by atoms with Gasteiger partial charge in [-0.2, -0.15) is 0 Å². The van der Waals surface area contributed by atoms with E-state index in [0.29, 0.717) is 17.3 Å². The Morgan fingerprint density at radius 1 is 0.960 bits per heavy atom. The van der Waals surface area contributed by atoms with Crippen LogP contribution in [0.25, 0.3) is 0 Å². The van der Waals surface area contributed by atoms with E-state index >= 15 is 0 Å². The molecule has 2 N–H and O–H groups in total. The van der Waals surface area contributed by atoms with E-state index < -0.39 is 11.7 Å². The van der Waals surface area contributed by atoms with Crippen LogP contribution in [0.15, 0.2) is 54.6 Å². The van der Waals surface area contributed by atoms with Crippen LogP contribution in [0.2, 0.25) is 0 Å². The zero-order valence-corrected chi connectivity index (χ0v) is 13.9. The molecular formula is C19H17FN4O. The first-order chi connectivity index (χ1) is 12.0. The van der Waals surface area contributed by atoms with Gasteiger partial charge in [-0.05, 0) is 49.7 Å². The van der Waals surface area contributed by atoms with Gasteiger partial charge < -0.3 is 10.6 Å². The van der Waals surface area contributed by atoms with Crippen molar-refractivity contribution in [3.8, 4) is 0 Å². The molecule has 3 aromatic rings. The maximum absolute atomic E-state index is 13.2. The molecule has 0 unspecified atom stereocenters. The number of anilines is 3. The minimum atomic E-state index is -0.427. The van der Waals surface area contributed by atoms with Crippen LogP contribution in [0.5, 0.6) is 0 Å². The minimum Gasteiger partial charge on any atom is -0.340 e. The molecule has 2 aromatic carbocycles. The summed E-state index contributed by atoms with van der Waals surface area (Å²) >= 11 is 0. The molecule has 1 amide bonds. The normalized spacial score (nSPS) is 10.4. The van der Waals surface area contributed by atoms with Crippen LogP contribution in [0, 0.1) is 19.7 Å². The molecule has 5 nitrogen and oxygen atoms in total. The molecule has 0 aliphatic rings. The SMILES string of the molecule is Cc1cccc(Nc2cc(C(=O)Nc3cccc(F)c3)nc(C)n2)c1. The van der Waals surface area contributed by atoms with E-state index in [1.165, 1.54) is 18.2 Å². The Morgan fingerprint density at radius 3 is 2.48 bits per heavy atom. The van der Waals surface area contributed by atoms with E-state index in [0.717, 1.165) is 11.3 Å². The van der Waals surface area contributed by atoms with E-state index in [-0.39, 0.29) is 5.69 Å². The van der Waals surface area contributed by atoms with Crippen LogP contribution < -0.4 is 10.6 Å². The summed E-state index contributed by atoms with van der Waals surface area (Å²) in [6.45, 7) is 3.70. The van der Waals surface area contributed by atoms with E-state index in [1.807, 2.05) is 31.2 Å². The Kier molecular flexibility index (Phi) is 4.70. The molecule has 0 atom stereocenters. The quantitative estimate of drug-likeness (QED) is 0.748. The first-order valence-corrected chi connectivity index (χ1v) is 7.76. The number of carbonyl (C=O) groups excluding carboxylic acids is 1. The fourth-order valence-corrected chi connectivity index (χ4v) is 2.38.